The zero-order valence-corrected chi connectivity index (χ0v) is 12.1. The molecule has 1 aliphatic heterocycles. The number of ether oxygens (including phenoxy) is 2. The lowest BCUT2D eigenvalue weighted by Gasteiger charge is -2.39. The van der Waals surface area contributed by atoms with Crippen molar-refractivity contribution in [2.75, 3.05) is 19.8 Å². The molecule has 1 aromatic heterocycles. The summed E-state index contributed by atoms with van der Waals surface area (Å²) in [7, 11) is 0. The quantitative estimate of drug-likeness (QED) is 0.916. The van der Waals surface area contributed by atoms with E-state index in [0.29, 0.717) is 19.8 Å². The minimum Gasteiger partial charge on any atom is -0.406 e. The molecule has 0 spiro atoms. The van der Waals surface area contributed by atoms with Gasteiger partial charge in [0, 0.05) is 11.8 Å². The molecule has 23 heavy (non-hydrogen) atoms. The highest BCUT2D eigenvalue weighted by atomic mass is 19.4. The van der Waals surface area contributed by atoms with Gasteiger partial charge in [0.25, 0.3) is 0 Å². The Morgan fingerprint density at radius 2 is 1.91 bits per heavy atom. The Bertz CT molecular complexity index is 658. The highest BCUT2D eigenvalue weighted by Gasteiger charge is 2.38. The molecular formula is C15H15F3N2O3. The van der Waals surface area contributed by atoms with E-state index in [1.807, 2.05) is 0 Å². The van der Waals surface area contributed by atoms with Gasteiger partial charge in [-0.1, -0.05) is 12.1 Å². The van der Waals surface area contributed by atoms with Gasteiger partial charge in [0.05, 0.1) is 38.0 Å². The van der Waals surface area contributed by atoms with Gasteiger partial charge < -0.3 is 14.6 Å². The Hall–Kier alpha value is -2.06. The summed E-state index contributed by atoms with van der Waals surface area (Å²) in [5, 5.41) is 13.6. The number of rotatable bonds is 5. The van der Waals surface area contributed by atoms with Crippen molar-refractivity contribution in [2.45, 2.75) is 12.9 Å². The number of nitrogens with zero attached hydrogens (tertiary/aromatic N) is 2. The van der Waals surface area contributed by atoms with Gasteiger partial charge >= 0.3 is 6.36 Å². The number of aliphatic hydroxyl groups is 1. The summed E-state index contributed by atoms with van der Waals surface area (Å²) in [5.74, 6) is -0.264. The Labute approximate surface area is 130 Å². The predicted octanol–water partition coefficient (Wildman–Crippen LogP) is 2.46. The molecule has 0 saturated carbocycles. The number of aromatic nitrogens is 2. The smallest absolute Gasteiger partial charge is 0.406 e. The maximum absolute atomic E-state index is 12.1. The van der Waals surface area contributed by atoms with Crippen LogP contribution in [0.1, 0.15) is 0 Å². The minimum absolute atomic E-state index is 0.0195. The standard InChI is InChI=1S/C15H15F3N2O3/c16-15(17,18)23-13-3-1-11(2-4-13)12-5-19-20(6-12)7-14(8-21)9-22-10-14/h1-6,21H,7-10H2. The summed E-state index contributed by atoms with van der Waals surface area (Å²) in [5.41, 5.74) is 1.21. The van der Waals surface area contributed by atoms with Gasteiger partial charge in [-0.2, -0.15) is 5.10 Å². The average Bonchev–Trinajstić information content (AvgIpc) is 2.90. The van der Waals surface area contributed by atoms with E-state index in [1.165, 1.54) is 24.3 Å². The van der Waals surface area contributed by atoms with E-state index in [0.717, 1.165) is 11.1 Å². The first-order valence-electron chi connectivity index (χ1n) is 6.96. The molecule has 0 atom stereocenters. The lowest BCUT2D eigenvalue weighted by Crippen LogP contribution is -2.48. The first kappa shape index (κ1) is 15.8. The predicted molar refractivity (Wildman–Crippen MR) is 74.7 cm³/mol. The van der Waals surface area contributed by atoms with Crippen LogP contribution in [0, 0.1) is 5.41 Å². The average molecular weight is 328 g/mol. The molecule has 8 heteroatoms. The molecule has 1 N–H and O–H groups in total. The number of hydrogen-bond acceptors (Lipinski definition) is 4. The highest BCUT2D eigenvalue weighted by molar-refractivity contribution is 5.62. The lowest BCUT2D eigenvalue weighted by molar-refractivity contribution is -0.274. The summed E-state index contributed by atoms with van der Waals surface area (Å²) in [6.45, 7) is 1.52. The van der Waals surface area contributed by atoms with Crippen LogP contribution in [0.2, 0.25) is 0 Å². The van der Waals surface area contributed by atoms with Gasteiger partial charge in [-0.25, -0.2) is 0 Å². The second-order valence-electron chi connectivity index (χ2n) is 5.65. The summed E-state index contributed by atoms with van der Waals surface area (Å²) in [6.07, 6.45) is -1.28. The molecule has 1 saturated heterocycles. The van der Waals surface area contributed by atoms with E-state index in [2.05, 4.69) is 9.84 Å². The van der Waals surface area contributed by atoms with Gasteiger partial charge in [-0.3, -0.25) is 4.68 Å². The molecule has 1 aromatic carbocycles. The third-order valence-corrected chi connectivity index (χ3v) is 3.70. The van der Waals surface area contributed by atoms with Crippen molar-refractivity contribution >= 4 is 0 Å². The molecule has 0 amide bonds. The van der Waals surface area contributed by atoms with E-state index in [-0.39, 0.29) is 17.8 Å². The molecule has 2 aromatic rings. The second kappa shape index (κ2) is 5.86. The van der Waals surface area contributed by atoms with Crippen molar-refractivity contribution in [2.24, 2.45) is 5.41 Å². The number of aliphatic hydroxyl groups excluding tert-OH is 1. The van der Waals surface area contributed by atoms with Crippen LogP contribution in [0.25, 0.3) is 11.1 Å². The van der Waals surface area contributed by atoms with Crippen molar-refractivity contribution in [3.63, 3.8) is 0 Å². The summed E-state index contributed by atoms with van der Waals surface area (Å²) >= 11 is 0. The fourth-order valence-corrected chi connectivity index (χ4v) is 2.42. The monoisotopic (exact) mass is 328 g/mol. The molecule has 3 rings (SSSR count). The second-order valence-corrected chi connectivity index (χ2v) is 5.65. The van der Waals surface area contributed by atoms with Crippen LogP contribution in [-0.2, 0) is 11.3 Å². The molecule has 2 heterocycles. The molecule has 0 bridgehead atoms. The van der Waals surface area contributed by atoms with E-state index in [4.69, 9.17) is 4.74 Å². The first-order chi connectivity index (χ1) is 10.9. The van der Waals surface area contributed by atoms with E-state index >= 15 is 0 Å². The molecule has 1 aliphatic rings. The Morgan fingerprint density at radius 1 is 1.22 bits per heavy atom. The zero-order valence-electron chi connectivity index (χ0n) is 12.1. The zero-order chi connectivity index (χ0) is 16.5. The van der Waals surface area contributed by atoms with Crippen LogP contribution in [-0.4, -0.2) is 41.1 Å². The number of alkyl halides is 3. The van der Waals surface area contributed by atoms with Crippen LogP contribution in [0.5, 0.6) is 5.75 Å². The Kier molecular flexibility index (Phi) is 4.03. The summed E-state index contributed by atoms with van der Waals surface area (Å²) < 4.78 is 47.1. The Morgan fingerprint density at radius 3 is 2.43 bits per heavy atom. The maximum atomic E-state index is 12.1. The molecule has 0 aliphatic carbocycles. The summed E-state index contributed by atoms with van der Waals surface area (Å²) in [4.78, 5) is 0. The van der Waals surface area contributed by atoms with Crippen molar-refractivity contribution in [3.05, 3.63) is 36.7 Å². The Balaban J connectivity index is 1.70. The van der Waals surface area contributed by atoms with Gasteiger partial charge in [-0.15, -0.1) is 13.2 Å². The van der Waals surface area contributed by atoms with Crippen LogP contribution in [0.4, 0.5) is 13.2 Å². The normalized spacial score (nSPS) is 16.9. The third-order valence-electron chi connectivity index (χ3n) is 3.70. The lowest BCUT2D eigenvalue weighted by atomic mass is 9.87. The van der Waals surface area contributed by atoms with E-state index < -0.39 is 6.36 Å². The van der Waals surface area contributed by atoms with Crippen LogP contribution in [0.3, 0.4) is 0 Å². The molecule has 5 nitrogen and oxygen atoms in total. The molecule has 0 unspecified atom stereocenters. The third kappa shape index (κ3) is 3.65. The molecule has 1 fully saturated rings. The van der Waals surface area contributed by atoms with E-state index in [9.17, 15) is 18.3 Å². The SMILES string of the molecule is OCC1(Cn2cc(-c3ccc(OC(F)(F)F)cc3)cn2)COC1. The fraction of sp³-hybridized carbons (Fsp3) is 0.400. The van der Waals surface area contributed by atoms with Crippen molar-refractivity contribution < 1.29 is 27.8 Å². The first-order valence-corrected chi connectivity index (χ1v) is 6.96. The molecule has 124 valence electrons. The number of hydrogen-bond donors (Lipinski definition) is 1. The largest absolute Gasteiger partial charge is 0.573 e. The van der Waals surface area contributed by atoms with Crippen molar-refractivity contribution in [1.82, 2.24) is 9.78 Å². The van der Waals surface area contributed by atoms with Crippen LogP contribution < -0.4 is 4.74 Å². The highest BCUT2D eigenvalue weighted by Crippen LogP contribution is 2.30. The maximum Gasteiger partial charge on any atom is 0.573 e. The van der Waals surface area contributed by atoms with Gasteiger partial charge in [-0.05, 0) is 17.7 Å². The van der Waals surface area contributed by atoms with Gasteiger partial charge in [0.15, 0.2) is 0 Å². The van der Waals surface area contributed by atoms with Crippen molar-refractivity contribution in [1.29, 1.82) is 0 Å². The van der Waals surface area contributed by atoms with Crippen LogP contribution in [0.15, 0.2) is 36.7 Å². The number of benzene rings is 1. The minimum atomic E-state index is -4.70. The fourth-order valence-electron chi connectivity index (χ4n) is 2.42. The topological polar surface area (TPSA) is 56.5 Å². The summed E-state index contributed by atoms with van der Waals surface area (Å²) in [6, 6.07) is 5.59. The van der Waals surface area contributed by atoms with Gasteiger partial charge in [0.2, 0.25) is 0 Å². The molecule has 0 radical (unpaired) electrons. The van der Waals surface area contributed by atoms with Crippen molar-refractivity contribution in [3.8, 4) is 16.9 Å². The van der Waals surface area contributed by atoms with Crippen LogP contribution >= 0.6 is 0 Å². The molecular weight excluding hydrogens is 313 g/mol. The van der Waals surface area contributed by atoms with Gasteiger partial charge in [0.1, 0.15) is 5.75 Å². The number of halogens is 3. The van der Waals surface area contributed by atoms with E-state index in [1.54, 1.807) is 17.1 Å².